The van der Waals surface area contributed by atoms with Gasteiger partial charge in [0.1, 0.15) is 0 Å². The molecule has 1 fully saturated rings. The van der Waals surface area contributed by atoms with Gasteiger partial charge >= 0.3 is 5.97 Å². The SMILES string of the molecule is CCc1ccc(C(=O)Nc2nccnc2C(=O)NCC2CCC2)c2ccccc12.CCc1ccc(C(=O)Nc2nccnc2C(=O)OC)c2ccccc12. The van der Waals surface area contributed by atoms with Gasteiger partial charge in [0.05, 0.1) is 7.11 Å². The van der Waals surface area contributed by atoms with Crippen molar-refractivity contribution in [2.45, 2.75) is 46.0 Å². The van der Waals surface area contributed by atoms with Crippen LogP contribution in [0.5, 0.6) is 0 Å². The summed E-state index contributed by atoms with van der Waals surface area (Å²) in [4.78, 5) is 66.4. The van der Waals surface area contributed by atoms with E-state index in [-0.39, 0.29) is 40.7 Å². The molecular formula is C42H41N7O5. The second kappa shape index (κ2) is 17.3. The number of methoxy groups -OCH3 is 1. The average Bonchev–Trinajstić information content (AvgIpc) is 3.19. The number of anilines is 2. The fraction of sp³-hybridized carbons (Fsp3) is 0.238. The second-order valence-electron chi connectivity index (χ2n) is 12.8. The van der Waals surface area contributed by atoms with E-state index in [0.717, 1.165) is 47.2 Å². The molecule has 1 aliphatic rings. The zero-order valence-electron chi connectivity index (χ0n) is 30.4. The number of fused-ring (bicyclic) bond motifs is 2. The quantitative estimate of drug-likeness (QED) is 0.124. The van der Waals surface area contributed by atoms with Gasteiger partial charge in [0.15, 0.2) is 23.0 Å². The zero-order chi connectivity index (χ0) is 38.0. The molecule has 12 nitrogen and oxygen atoms in total. The van der Waals surface area contributed by atoms with E-state index in [1.165, 1.54) is 49.4 Å². The summed E-state index contributed by atoms with van der Waals surface area (Å²) in [5.41, 5.74) is 3.51. The zero-order valence-corrected chi connectivity index (χ0v) is 30.4. The molecule has 0 spiro atoms. The maximum Gasteiger partial charge on any atom is 0.360 e. The Kier molecular flexibility index (Phi) is 11.9. The lowest BCUT2D eigenvalue weighted by Gasteiger charge is -2.25. The van der Waals surface area contributed by atoms with Crippen LogP contribution >= 0.6 is 0 Å². The number of amides is 3. The molecular weight excluding hydrogens is 683 g/mol. The molecule has 3 amide bonds. The number of ether oxygens (including phenoxy) is 1. The summed E-state index contributed by atoms with van der Waals surface area (Å²) in [6.45, 7) is 4.80. The molecule has 2 heterocycles. The number of aryl methyl sites for hydroxylation is 2. The van der Waals surface area contributed by atoms with Crippen LogP contribution in [0.15, 0.2) is 97.6 Å². The molecule has 54 heavy (non-hydrogen) atoms. The number of nitrogens with one attached hydrogen (secondary N) is 3. The highest BCUT2D eigenvalue weighted by Crippen LogP contribution is 2.27. The minimum atomic E-state index is -0.658. The van der Waals surface area contributed by atoms with Crippen molar-refractivity contribution in [2.75, 3.05) is 24.3 Å². The van der Waals surface area contributed by atoms with Gasteiger partial charge in [0.25, 0.3) is 17.7 Å². The van der Waals surface area contributed by atoms with Crippen molar-refractivity contribution in [1.82, 2.24) is 25.3 Å². The van der Waals surface area contributed by atoms with E-state index < -0.39 is 5.97 Å². The number of aromatic nitrogens is 4. The van der Waals surface area contributed by atoms with Crippen LogP contribution in [0, 0.1) is 5.92 Å². The topological polar surface area (TPSA) is 165 Å². The van der Waals surface area contributed by atoms with Crippen LogP contribution in [0.4, 0.5) is 11.6 Å². The van der Waals surface area contributed by atoms with Gasteiger partial charge in [-0.2, -0.15) is 0 Å². The monoisotopic (exact) mass is 723 g/mol. The average molecular weight is 724 g/mol. The normalized spacial score (nSPS) is 12.2. The van der Waals surface area contributed by atoms with Crippen molar-refractivity contribution in [1.29, 1.82) is 0 Å². The molecule has 0 atom stereocenters. The van der Waals surface area contributed by atoms with Crippen LogP contribution in [0.3, 0.4) is 0 Å². The smallest absolute Gasteiger partial charge is 0.360 e. The predicted molar refractivity (Wildman–Crippen MR) is 208 cm³/mol. The fourth-order valence-electron chi connectivity index (χ4n) is 6.37. The summed E-state index contributed by atoms with van der Waals surface area (Å²) in [5, 5.41) is 12.2. The summed E-state index contributed by atoms with van der Waals surface area (Å²) in [6, 6.07) is 23.1. The van der Waals surface area contributed by atoms with Crippen molar-refractivity contribution in [3.05, 3.63) is 131 Å². The second-order valence-corrected chi connectivity index (χ2v) is 12.8. The highest BCUT2D eigenvalue weighted by molar-refractivity contribution is 6.15. The minimum absolute atomic E-state index is 0.0344. The molecule has 6 aromatic rings. The molecule has 7 rings (SSSR count). The lowest BCUT2D eigenvalue weighted by molar-refractivity contribution is 0.0594. The number of carbonyl (C=O) groups excluding carboxylic acids is 4. The van der Waals surface area contributed by atoms with Crippen molar-refractivity contribution in [3.63, 3.8) is 0 Å². The Balaban J connectivity index is 0.000000186. The largest absolute Gasteiger partial charge is 0.464 e. The number of carbonyl (C=O) groups is 4. The van der Waals surface area contributed by atoms with Gasteiger partial charge in [0, 0.05) is 42.5 Å². The van der Waals surface area contributed by atoms with E-state index in [4.69, 9.17) is 0 Å². The molecule has 1 saturated carbocycles. The first kappa shape index (κ1) is 37.2. The Morgan fingerprint density at radius 3 is 1.54 bits per heavy atom. The Bertz CT molecular complexity index is 2340. The summed E-state index contributed by atoms with van der Waals surface area (Å²) in [6.07, 6.45) is 11.0. The summed E-state index contributed by atoms with van der Waals surface area (Å²) in [7, 11) is 1.25. The first-order valence-electron chi connectivity index (χ1n) is 17.9. The number of rotatable bonds is 10. The molecule has 2 aromatic heterocycles. The van der Waals surface area contributed by atoms with Crippen LogP contribution in [0.1, 0.15) is 85.9 Å². The van der Waals surface area contributed by atoms with Crippen molar-refractivity contribution in [3.8, 4) is 0 Å². The lowest BCUT2D eigenvalue weighted by atomic mass is 9.85. The molecule has 274 valence electrons. The number of nitrogens with zero attached hydrogens (tertiary/aromatic N) is 4. The van der Waals surface area contributed by atoms with Crippen LogP contribution in [0.2, 0.25) is 0 Å². The van der Waals surface area contributed by atoms with Gasteiger partial charge in [-0.05, 0) is 76.4 Å². The maximum absolute atomic E-state index is 13.0. The standard InChI is InChI=1S/C23H24N4O2.C19H17N3O3/c1-2-16-10-11-19(18-9-4-3-8-17(16)18)22(28)27-21-20(24-12-13-25-21)23(29)26-14-15-6-5-7-15;1-3-12-8-9-15(14-7-5-4-6-13(12)14)18(23)22-17-16(19(24)25-2)20-10-11-21-17/h3-4,8-13,15H,2,5-7,14H2,1H3,(H,26,29)(H,25,27,28);4-11H,3H2,1-2H3,(H,21,22,23). The molecule has 0 bridgehead atoms. The van der Waals surface area contributed by atoms with Gasteiger partial charge < -0.3 is 20.7 Å². The van der Waals surface area contributed by atoms with Crippen LogP contribution < -0.4 is 16.0 Å². The fourth-order valence-corrected chi connectivity index (χ4v) is 6.37. The maximum atomic E-state index is 13.0. The molecule has 0 aliphatic heterocycles. The van der Waals surface area contributed by atoms with Crippen molar-refractivity contribution < 1.29 is 23.9 Å². The third-order valence-corrected chi connectivity index (χ3v) is 9.51. The predicted octanol–water partition coefficient (Wildman–Crippen LogP) is 7.21. The molecule has 0 saturated heterocycles. The number of hydrogen-bond donors (Lipinski definition) is 3. The van der Waals surface area contributed by atoms with E-state index >= 15 is 0 Å². The van der Waals surface area contributed by atoms with Gasteiger partial charge in [-0.3, -0.25) is 14.4 Å². The summed E-state index contributed by atoms with van der Waals surface area (Å²) < 4.78 is 4.67. The van der Waals surface area contributed by atoms with E-state index in [9.17, 15) is 19.2 Å². The first-order valence-corrected chi connectivity index (χ1v) is 17.9. The Morgan fingerprint density at radius 2 is 1.07 bits per heavy atom. The number of hydrogen-bond acceptors (Lipinski definition) is 9. The lowest BCUT2D eigenvalue weighted by Crippen LogP contribution is -2.33. The van der Waals surface area contributed by atoms with E-state index in [1.807, 2.05) is 66.7 Å². The van der Waals surface area contributed by atoms with Crippen LogP contribution in [0.25, 0.3) is 21.5 Å². The highest BCUT2D eigenvalue weighted by Gasteiger charge is 2.22. The molecule has 3 N–H and O–H groups in total. The van der Waals surface area contributed by atoms with E-state index in [2.05, 4.69) is 54.5 Å². The molecule has 4 aromatic carbocycles. The molecule has 1 aliphatic carbocycles. The molecule has 0 unspecified atom stereocenters. The van der Waals surface area contributed by atoms with Crippen LogP contribution in [-0.2, 0) is 17.6 Å². The van der Waals surface area contributed by atoms with Gasteiger partial charge in [-0.15, -0.1) is 0 Å². The summed E-state index contributed by atoms with van der Waals surface area (Å²) >= 11 is 0. The van der Waals surface area contributed by atoms with E-state index in [0.29, 0.717) is 23.6 Å². The Labute approximate surface area is 312 Å². The Morgan fingerprint density at radius 1 is 0.611 bits per heavy atom. The van der Waals surface area contributed by atoms with Crippen LogP contribution in [-0.4, -0.2) is 57.3 Å². The van der Waals surface area contributed by atoms with E-state index in [1.54, 1.807) is 6.07 Å². The third-order valence-electron chi connectivity index (χ3n) is 9.51. The molecule has 12 heteroatoms. The van der Waals surface area contributed by atoms with Crippen molar-refractivity contribution in [2.24, 2.45) is 5.92 Å². The first-order chi connectivity index (χ1) is 26.3. The third kappa shape index (κ3) is 8.23. The van der Waals surface area contributed by atoms with Gasteiger partial charge in [0.2, 0.25) is 0 Å². The number of benzene rings is 4. The molecule has 0 radical (unpaired) electrons. The van der Waals surface area contributed by atoms with Gasteiger partial charge in [-0.1, -0.05) is 80.9 Å². The van der Waals surface area contributed by atoms with Gasteiger partial charge in [-0.25, -0.2) is 24.7 Å². The Hall–Kier alpha value is -6.56. The highest BCUT2D eigenvalue weighted by atomic mass is 16.5. The van der Waals surface area contributed by atoms with Crippen molar-refractivity contribution >= 4 is 56.9 Å². The summed E-state index contributed by atoms with van der Waals surface area (Å²) in [5.74, 6) is -0.852. The number of esters is 1. The minimum Gasteiger partial charge on any atom is -0.464 e.